The van der Waals surface area contributed by atoms with Crippen molar-refractivity contribution in [2.45, 2.75) is 0 Å². The van der Waals surface area contributed by atoms with Crippen LogP contribution >= 0.6 is 7.92 Å². The van der Waals surface area contributed by atoms with Crippen LogP contribution in [0.3, 0.4) is 0 Å². The third-order valence-corrected chi connectivity index (χ3v) is 5.49. The largest absolute Gasteiger partial charge is 0.356 e. The fraction of sp³-hybridized carbons (Fsp3) is 0. The van der Waals surface area contributed by atoms with Gasteiger partial charge in [0.25, 0.3) is 0 Å². The summed E-state index contributed by atoms with van der Waals surface area (Å²) >= 11 is 0. The van der Waals surface area contributed by atoms with E-state index in [0.717, 1.165) is 0 Å². The average Bonchev–Trinajstić information content (AvgIpc) is 2.58. The van der Waals surface area contributed by atoms with Crippen LogP contribution in [0, 0.1) is 15.3 Å². The van der Waals surface area contributed by atoms with Gasteiger partial charge in [-0.25, -0.2) is 0 Å². The summed E-state index contributed by atoms with van der Waals surface area (Å²) in [6, 6.07) is 32.3. The molecule has 0 saturated heterocycles. The van der Waals surface area contributed by atoms with Crippen LogP contribution in [0.5, 0.6) is 0 Å². The smallest absolute Gasteiger partial charge is 0.0689 e. The van der Waals surface area contributed by atoms with Gasteiger partial charge in [0.2, 0.25) is 0 Å². The number of nitrogens with zero attached hydrogens (tertiary/aromatic N) is 1. The molecule has 0 saturated carbocycles. The molecule has 0 spiro atoms. The van der Waals surface area contributed by atoms with E-state index in [9.17, 15) is 0 Å². The Balaban J connectivity index is 0.000000522. The summed E-state index contributed by atoms with van der Waals surface area (Å²) in [6.07, 6.45) is 0. The summed E-state index contributed by atoms with van der Waals surface area (Å²) in [5, 5.41) is 18.9. The standard InChI is InChI=1S/C18H15P.NO3.Ni/c1-4-10-16(11-5-1)19(17-12-6-2-7-13-17)18-14-8-3-9-15-18;2-1(3)4;/h1-15H;;/q;-1;. The van der Waals surface area contributed by atoms with Crippen molar-refractivity contribution in [2.75, 3.05) is 0 Å². The first-order chi connectivity index (χ1) is 11.2. The molecule has 0 atom stereocenters. The van der Waals surface area contributed by atoms with Crippen LogP contribution < -0.4 is 15.9 Å². The molecule has 0 aliphatic rings. The maximum Gasteiger partial charge on any atom is 0.0689 e. The zero-order valence-electron chi connectivity index (χ0n) is 12.6. The first-order valence-electron chi connectivity index (χ1n) is 6.95. The summed E-state index contributed by atoms with van der Waals surface area (Å²) in [7, 11) is -0.446. The van der Waals surface area contributed by atoms with E-state index >= 15 is 0 Å². The minimum Gasteiger partial charge on any atom is -0.356 e. The second kappa shape index (κ2) is 10.5. The summed E-state index contributed by atoms with van der Waals surface area (Å²) in [5.41, 5.74) is 0. The van der Waals surface area contributed by atoms with Crippen LogP contribution in [0.1, 0.15) is 0 Å². The van der Waals surface area contributed by atoms with E-state index in [1.807, 2.05) is 0 Å². The van der Waals surface area contributed by atoms with Gasteiger partial charge in [-0.15, -0.1) is 0 Å². The molecule has 0 aliphatic heterocycles. The minimum atomic E-state index is -1.75. The molecule has 0 heterocycles. The van der Waals surface area contributed by atoms with Crippen molar-refractivity contribution in [3.05, 3.63) is 106 Å². The summed E-state index contributed by atoms with van der Waals surface area (Å²) < 4.78 is 0. The van der Waals surface area contributed by atoms with Gasteiger partial charge >= 0.3 is 0 Å². The minimum absolute atomic E-state index is 0. The Hall–Kier alpha value is -2.22. The van der Waals surface area contributed by atoms with Gasteiger partial charge in [0.15, 0.2) is 0 Å². The van der Waals surface area contributed by atoms with Crippen LogP contribution in [0.25, 0.3) is 0 Å². The number of benzene rings is 3. The van der Waals surface area contributed by atoms with Crippen LogP contribution in [0.2, 0.25) is 0 Å². The van der Waals surface area contributed by atoms with Crippen LogP contribution in [-0.4, -0.2) is 5.09 Å². The van der Waals surface area contributed by atoms with Crippen molar-refractivity contribution in [1.29, 1.82) is 0 Å². The Bertz CT molecular complexity index is 629. The van der Waals surface area contributed by atoms with Crippen LogP contribution in [0.4, 0.5) is 0 Å². The predicted molar refractivity (Wildman–Crippen MR) is 95.5 cm³/mol. The topological polar surface area (TPSA) is 66.2 Å². The molecule has 126 valence electrons. The van der Waals surface area contributed by atoms with Gasteiger partial charge in [-0.2, -0.15) is 0 Å². The van der Waals surface area contributed by atoms with Crippen molar-refractivity contribution in [3.63, 3.8) is 0 Å². The Morgan fingerprint density at radius 2 is 0.792 bits per heavy atom. The van der Waals surface area contributed by atoms with Gasteiger partial charge in [0, 0.05) is 16.5 Å². The van der Waals surface area contributed by atoms with Gasteiger partial charge in [0.05, 0.1) is 5.09 Å². The van der Waals surface area contributed by atoms with Crippen LogP contribution in [0.15, 0.2) is 91.0 Å². The zero-order chi connectivity index (χ0) is 16.5. The van der Waals surface area contributed by atoms with E-state index in [2.05, 4.69) is 91.0 Å². The number of rotatable bonds is 3. The molecule has 0 bridgehead atoms. The van der Waals surface area contributed by atoms with Gasteiger partial charge in [-0.05, 0) is 23.8 Å². The Labute approximate surface area is 151 Å². The van der Waals surface area contributed by atoms with E-state index in [0.29, 0.717) is 0 Å². The molecular weight excluding hydrogens is 368 g/mol. The van der Waals surface area contributed by atoms with E-state index in [1.54, 1.807) is 0 Å². The maximum absolute atomic E-state index is 8.25. The number of hydrogen-bond acceptors (Lipinski definition) is 3. The first-order valence-corrected chi connectivity index (χ1v) is 8.29. The molecule has 0 radical (unpaired) electrons. The normalized spacial score (nSPS) is 9.38. The SMILES string of the molecule is O=[N+]([O-])[O-].[Ni].c1ccc(P(c2ccccc2)c2ccccc2)cc1. The molecule has 24 heavy (non-hydrogen) atoms. The molecular formula is C18H15NNiO3P-. The molecule has 0 N–H and O–H groups in total. The van der Waals surface area contributed by atoms with Crippen molar-refractivity contribution in [3.8, 4) is 0 Å². The summed E-state index contributed by atoms with van der Waals surface area (Å²) in [6.45, 7) is 0. The van der Waals surface area contributed by atoms with Crippen molar-refractivity contribution >= 4 is 23.8 Å². The van der Waals surface area contributed by atoms with Gasteiger partial charge < -0.3 is 15.3 Å². The van der Waals surface area contributed by atoms with Gasteiger partial charge in [-0.3, -0.25) is 0 Å². The summed E-state index contributed by atoms with van der Waals surface area (Å²) in [4.78, 5) is 8.25. The monoisotopic (exact) mass is 382 g/mol. The molecule has 0 amide bonds. The zero-order valence-corrected chi connectivity index (χ0v) is 14.5. The van der Waals surface area contributed by atoms with Gasteiger partial charge in [-0.1, -0.05) is 91.0 Å². The molecule has 0 fully saturated rings. The molecule has 0 aromatic heterocycles. The van der Waals surface area contributed by atoms with Crippen molar-refractivity contribution < 1.29 is 21.6 Å². The molecule has 0 unspecified atom stereocenters. The van der Waals surface area contributed by atoms with Crippen molar-refractivity contribution in [1.82, 2.24) is 0 Å². The fourth-order valence-electron chi connectivity index (χ4n) is 2.18. The van der Waals surface area contributed by atoms with E-state index in [1.165, 1.54) is 15.9 Å². The average molecular weight is 383 g/mol. The predicted octanol–water partition coefficient (Wildman–Crippen LogP) is 3.20. The Kier molecular flexibility index (Phi) is 8.71. The third kappa shape index (κ3) is 6.12. The fourth-order valence-corrected chi connectivity index (χ4v) is 4.48. The first kappa shape index (κ1) is 19.8. The Morgan fingerprint density at radius 3 is 1.00 bits per heavy atom. The Morgan fingerprint density at radius 1 is 0.583 bits per heavy atom. The molecule has 0 aliphatic carbocycles. The second-order valence-corrected chi connectivity index (χ2v) is 6.79. The van der Waals surface area contributed by atoms with E-state index < -0.39 is 13.0 Å². The summed E-state index contributed by atoms with van der Waals surface area (Å²) in [5.74, 6) is 0. The third-order valence-electron chi connectivity index (χ3n) is 3.04. The molecule has 3 aromatic rings. The maximum atomic E-state index is 8.25. The van der Waals surface area contributed by atoms with E-state index in [-0.39, 0.29) is 16.5 Å². The number of hydrogen-bond donors (Lipinski definition) is 0. The quantitative estimate of drug-likeness (QED) is 0.302. The van der Waals surface area contributed by atoms with Gasteiger partial charge in [0.1, 0.15) is 0 Å². The molecule has 4 nitrogen and oxygen atoms in total. The molecule has 3 rings (SSSR count). The van der Waals surface area contributed by atoms with Crippen molar-refractivity contribution in [2.24, 2.45) is 0 Å². The second-order valence-electron chi connectivity index (χ2n) is 4.57. The van der Waals surface area contributed by atoms with E-state index in [4.69, 9.17) is 15.3 Å². The van der Waals surface area contributed by atoms with Crippen LogP contribution in [-0.2, 0) is 16.5 Å². The molecule has 3 aromatic carbocycles. The molecule has 6 heteroatoms.